The van der Waals surface area contributed by atoms with Gasteiger partial charge in [-0.3, -0.25) is 11.3 Å². The largest absolute Gasteiger partial charge is 0.497 e. The van der Waals surface area contributed by atoms with Crippen LogP contribution in [0.2, 0.25) is 0 Å². The van der Waals surface area contributed by atoms with Crippen molar-refractivity contribution < 1.29 is 4.74 Å². The van der Waals surface area contributed by atoms with Crippen LogP contribution in [0.3, 0.4) is 0 Å². The minimum atomic E-state index is 0.106. The highest BCUT2D eigenvalue weighted by molar-refractivity contribution is 9.10. The van der Waals surface area contributed by atoms with Crippen molar-refractivity contribution in [3.05, 3.63) is 58.6 Å². The first-order chi connectivity index (χ1) is 9.72. The van der Waals surface area contributed by atoms with E-state index in [1.165, 1.54) is 4.90 Å². The van der Waals surface area contributed by atoms with Crippen LogP contribution >= 0.6 is 27.7 Å². The van der Waals surface area contributed by atoms with Crippen LogP contribution in [0.1, 0.15) is 11.6 Å². The standard InChI is InChI=1S/C15H17BrN2OS/c1-19-13-6-2-11(3-7-13)15(18-17)10-20-14-8-4-12(16)5-9-14/h2-9,15,18H,10,17H2,1H3. The van der Waals surface area contributed by atoms with Gasteiger partial charge in [-0.15, -0.1) is 11.8 Å². The fraction of sp³-hybridized carbons (Fsp3) is 0.200. The number of methoxy groups -OCH3 is 1. The maximum atomic E-state index is 5.66. The highest BCUT2D eigenvalue weighted by Gasteiger charge is 2.10. The number of halogens is 1. The van der Waals surface area contributed by atoms with Crippen molar-refractivity contribution in [1.29, 1.82) is 0 Å². The third-order valence-corrected chi connectivity index (χ3v) is 4.58. The Balaban J connectivity index is 1.99. The second-order valence-electron chi connectivity index (χ2n) is 4.26. The molecule has 0 saturated heterocycles. The molecule has 0 spiro atoms. The Morgan fingerprint density at radius 3 is 2.35 bits per heavy atom. The monoisotopic (exact) mass is 352 g/mol. The summed E-state index contributed by atoms with van der Waals surface area (Å²) >= 11 is 5.21. The quantitative estimate of drug-likeness (QED) is 0.472. The molecule has 0 bridgehead atoms. The van der Waals surface area contributed by atoms with E-state index in [2.05, 4.69) is 33.5 Å². The van der Waals surface area contributed by atoms with Crippen molar-refractivity contribution in [2.24, 2.45) is 5.84 Å². The summed E-state index contributed by atoms with van der Waals surface area (Å²) in [5, 5.41) is 0. The second kappa shape index (κ2) is 7.69. The molecule has 2 aromatic rings. The lowest BCUT2D eigenvalue weighted by Crippen LogP contribution is -2.29. The second-order valence-corrected chi connectivity index (χ2v) is 6.27. The van der Waals surface area contributed by atoms with E-state index in [0.29, 0.717) is 0 Å². The van der Waals surface area contributed by atoms with Crippen molar-refractivity contribution in [1.82, 2.24) is 5.43 Å². The summed E-state index contributed by atoms with van der Waals surface area (Å²) in [4.78, 5) is 1.22. The van der Waals surface area contributed by atoms with E-state index in [4.69, 9.17) is 10.6 Å². The average Bonchev–Trinajstić information content (AvgIpc) is 2.50. The molecule has 0 aliphatic rings. The number of hydrazine groups is 1. The normalized spacial score (nSPS) is 12.2. The molecule has 106 valence electrons. The van der Waals surface area contributed by atoms with Gasteiger partial charge in [-0.05, 0) is 42.0 Å². The molecule has 0 aliphatic carbocycles. The van der Waals surface area contributed by atoms with Gasteiger partial charge in [-0.25, -0.2) is 0 Å². The van der Waals surface area contributed by atoms with Crippen LogP contribution in [-0.2, 0) is 0 Å². The highest BCUT2D eigenvalue weighted by Crippen LogP contribution is 2.26. The number of ether oxygens (including phenoxy) is 1. The first-order valence-corrected chi connectivity index (χ1v) is 7.99. The highest BCUT2D eigenvalue weighted by atomic mass is 79.9. The molecule has 1 atom stereocenters. The maximum Gasteiger partial charge on any atom is 0.118 e. The summed E-state index contributed by atoms with van der Waals surface area (Å²) in [5.74, 6) is 7.38. The first kappa shape index (κ1) is 15.4. The zero-order chi connectivity index (χ0) is 14.4. The van der Waals surface area contributed by atoms with Crippen LogP contribution in [0, 0.1) is 0 Å². The molecular weight excluding hydrogens is 336 g/mol. The zero-order valence-electron chi connectivity index (χ0n) is 11.2. The van der Waals surface area contributed by atoms with Crippen LogP contribution in [0.5, 0.6) is 5.75 Å². The predicted octanol–water partition coefficient (Wildman–Crippen LogP) is 3.75. The molecule has 0 aliphatic heterocycles. The summed E-state index contributed by atoms with van der Waals surface area (Å²) < 4.78 is 6.25. The van der Waals surface area contributed by atoms with Gasteiger partial charge in [-0.1, -0.05) is 28.1 Å². The van der Waals surface area contributed by atoms with Crippen molar-refractivity contribution in [3.63, 3.8) is 0 Å². The third-order valence-electron chi connectivity index (χ3n) is 2.95. The molecule has 3 nitrogen and oxygen atoms in total. The van der Waals surface area contributed by atoms with Gasteiger partial charge in [-0.2, -0.15) is 0 Å². The molecule has 0 heterocycles. The number of thioether (sulfide) groups is 1. The summed E-state index contributed by atoms with van der Waals surface area (Å²) in [6, 6.07) is 16.3. The van der Waals surface area contributed by atoms with Crippen molar-refractivity contribution in [2.45, 2.75) is 10.9 Å². The van der Waals surface area contributed by atoms with Crippen molar-refractivity contribution in [2.75, 3.05) is 12.9 Å². The van der Waals surface area contributed by atoms with Gasteiger partial charge in [0, 0.05) is 15.1 Å². The Hall–Kier alpha value is -1.01. The minimum Gasteiger partial charge on any atom is -0.497 e. The Bertz CT molecular complexity index is 531. The summed E-state index contributed by atoms with van der Waals surface area (Å²) in [7, 11) is 1.66. The number of hydrogen-bond acceptors (Lipinski definition) is 4. The van der Waals surface area contributed by atoms with E-state index in [1.807, 2.05) is 36.4 Å². The molecular formula is C15H17BrN2OS. The topological polar surface area (TPSA) is 47.3 Å². The van der Waals surface area contributed by atoms with E-state index in [9.17, 15) is 0 Å². The van der Waals surface area contributed by atoms with Gasteiger partial charge in [0.25, 0.3) is 0 Å². The van der Waals surface area contributed by atoms with Gasteiger partial charge in [0.2, 0.25) is 0 Å². The molecule has 0 fully saturated rings. The molecule has 2 rings (SSSR count). The fourth-order valence-corrected chi connectivity index (χ4v) is 3.03. The summed E-state index contributed by atoms with van der Waals surface area (Å²) in [6.45, 7) is 0. The van der Waals surface area contributed by atoms with Gasteiger partial charge in [0.1, 0.15) is 5.75 Å². The molecule has 0 saturated carbocycles. The lowest BCUT2D eigenvalue weighted by Gasteiger charge is -2.16. The van der Waals surface area contributed by atoms with E-state index < -0.39 is 0 Å². The van der Waals surface area contributed by atoms with Crippen molar-refractivity contribution in [3.8, 4) is 5.75 Å². The lowest BCUT2D eigenvalue weighted by molar-refractivity contribution is 0.414. The fourth-order valence-electron chi connectivity index (χ4n) is 1.79. The Kier molecular flexibility index (Phi) is 5.91. The number of benzene rings is 2. The van der Waals surface area contributed by atoms with E-state index in [1.54, 1.807) is 18.9 Å². The van der Waals surface area contributed by atoms with Crippen LogP contribution in [0.4, 0.5) is 0 Å². The van der Waals surface area contributed by atoms with E-state index >= 15 is 0 Å². The Labute approximate surface area is 132 Å². The maximum absolute atomic E-state index is 5.66. The van der Waals surface area contributed by atoms with Crippen LogP contribution in [0.15, 0.2) is 57.9 Å². The minimum absolute atomic E-state index is 0.106. The number of hydrogen-bond donors (Lipinski definition) is 2. The molecule has 0 aromatic heterocycles. The number of nitrogens with two attached hydrogens (primary N) is 1. The molecule has 20 heavy (non-hydrogen) atoms. The summed E-state index contributed by atoms with van der Waals surface area (Å²) in [5.41, 5.74) is 4.02. The van der Waals surface area contributed by atoms with Crippen molar-refractivity contribution >= 4 is 27.7 Å². The molecule has 3 N–H and O–H groups in total. The van der Waals surface area contributed by atoms with E-state index in [-0.39, 0.29) is 6.04 Å². The Morgan fingerprint density at radius 1 is 1.15 bits per heavy atom. The van der Waals surface area contributed by atoms with Crippen LogP contribution in [0.25, 0.3) is 0 Å². The first-order valence-electron chi connectivity index (χ1n) is 6.21. The smallest absolute Gasteiger partial charge is 0.118 e. The number of nitrogens with one attached hydrogen (secondary N) is 1. The zero-order valence-corrected chi connectivity index (χ0v) is 13.6. The molecule has 0 radical (unpaired) electrons. The average molecular weight is 353 g/mol. The van der Waals surface area contributed by atoms with Gasteiger partial charge in [0.15, 0.2) is 0 Å². The van der Waals surface area contributed by atoms with Crippen LogP contribution in [-0.4, -0.2) is 12.9 Å². The van der Waals surface area contributed by atoms with Gasteiger partial charge in [0.05, 0.1) is 13.2 Å². The van der Waals surface area contributed by atoms with Gasteiger partial charge < -0.3 is 4.74 Å². The summed E-state index contributed by atoms with van der Waals surface area (Å²) in [6.07, 6.45) is 0. The lowest BCUT2D eigenvalue weighted by atomic mass is 10.1. The van der Waals surface area contributed by atoms with E-state index in [0.717, 1.165) is 21.5 Å². The number of rotatable bonds is 6. The van der Waals surface area contributed by atoms with Gasteiger partial charge >= 0.3 is 0 Å². The molecule has 1 unspecified atom stereocenters. The SMILES string of the molecule is COc1ccc(C(CSc2ccc(Br)cc2)NN)cc1. The molecule has 5 heteroatoms. The Morgan fingerprint density at radius 2 is 1.80 bits per heavy atom. The predicted molar refractivity (Wildman–Crippen MR) is 87.9 cm³/mol. The third kappa shape index (κ3) is 4.24. The van der Waals surface area contributed by atoms with Crippen LogP contribution < -0.4 is 16.0 Å². The molecule has 0 amide bonds. The molecule has 2 aromatic carbocycles.